The van der Waals surface area contributed by atoms with Crippen LogP contribution in [0.2, 0.25) is 0 Å². The summed E-state index contributed by atoms with van der Waals surface area (Å²) in [5.41, 5.74) is -1.58. The summed E-state index contributed by atoms with van der Waals surface area (Å²) in [5.74, 6) is -2.36. The van der Waals surface area contributed by atoms with Gasteiger partial charge >= 0.3 is 17.9 Å². The predicted molar refractivity (Wildman–Crippen MR) is 80.4 cm³/mol. The third-order valence-corrected chi connectivity index (χ3v) is 3.59. The van der Waals surface area contributed by atoms with Gasteiger partial charge in [0.25, 0.3) is 0 Å². The first kappa shape index (κ1) is 19.2. The van der Waals surface area contributed by atoms with Gasteiger partial charge in [-0.1, -0.05) is 12.2 Å². The summed E-state index contributed by atoms with van der Waals surface area (Å²) in [5, 5.41) is 0. The van der Waals surface area contributed by atoms with E-state index >= 15 is 0 Å². The molecule has 1 aliphatic rings. The highest BCUT2D eigenvalue weighted by atomic mass is 16.6. The number of methoxy groups -OCH3 is 1. The topological polar surface area (TPSA) is 88.1 Å². The van der Waals surface area contributed by atoms with Crippen molar-refractivity contribution in [3.8, 4) is 0 Å². The summed E-state index contributed by atoms with van der Waals surface area (Å²) < 4.78 is 20.9. The molecule has 0 N–H and O–H groups in total. The number of carbonyl (C=O) groups excluding carboxylic acids is 3. The molecule has 1 rings (SSSR count). The summed E-state index contributed by atoms with van der Waals surface area (Å²) in [6, 6.07) is 0. The Bertz CT molecular complexity index is 471. The molecular weight excluding hydrogens is 304 g/mol. The fourth-order valence-corrected chi connectivity index (χ4v) is 2.75. The first-order valence-corrected chi connectivity index (χ1v) is 7.57. The van der Waals surface area contributed by atoms with E-state index in [1.54, 1.807) is 19.1 Å². The number of rotatable bonds is 8. The minimum atomic E-state index is -1.58. The summed E-state index contributed by atoms with van der Waals surface area (Å²) in [6.07, 6.45) is 3.48. The zero-order chi connectivity index (χ0) is 17.5. The van der Waals surface area contributed by atoms with E-state index in [2.05, 4.69) is 0 Å². The van der Waals surface area contributed by atoms with Crippen LogP contribution in [0.4, 0.5) is 0 Å². The van der Waals surface area contributed by atoms with Gasteiger partial charge < -0.3 is 18.9 Å². The Kier molecular flexibility index (Phi) is 7.22. The normalized spacial score (nSPS) is 22.3. The molecule has 0 fully saturated rings. The second-order valence-electron chi connectivity index (χ2n) is 5.28. The van der Waals surface area contributed by atoms with Crippen molar-refractivity contribution in [3.05, 3.63) is 12.2 Å². The Morgan fingerprint density at radius 3 is 2.43 bits per heavy atom. The zero-order valence-corrected chi connectivity index (χ0v) is 14.0. The largest absolute Gasteiger partial charge is 0.463 e. The van der Waals surface area contributed by atoms with E-state index in [0.29, 0.717) is 6.42 Å². The van der Waals surface area contributed by atoms with Crippen LogP contribution in [0.5, 0.6) is 0 Å². The summed E-state index contributed by atoms with van der Waals surface area (Å²) in [7, 11) is 1.48. The van der Waals surface area contributed by atoms with Crippen molar-refractivity contribution in [2.75, 3.05) is 20.3 Å². The third-order valence-electron chi connectivity index (χ3n) is 3.59. The standard InChI is InChI=1S/C16H24O7/c1-5-21-15(19)16(9-10-20-4,23-12(3)18)13-7-6-8-14(13)22-11(2)17/h6-7,13-14H,5,8-10H2,1-4H3/t13-,14+,16+/m0/s1. The van der Waals surface area contributed by atoms with Crippen molar-refractivity contribution in [1.82, 2.24) is 0 Å². The summed E-state index contributed by atoms with van der Waals surface area (Å²) in [4.78, 5) is 35.5. The molecule has 0 spiro atoms. The van der Waals surface area contributed by atoms with Crippen LogP contribution in [0, 0.1) is 5.92 Å². The van der Waals surface area contributed by atoms with Gasteiger partial charge in [-0.25, -0.2) is 4.79 Å². The van der Waals surface area contributed by atoms with Crippen LogP contribution in [0.3, 0.4) is 0 Å². The lowest BCUT2D eigenvalue weighted by atomic mass is 9.82. The van der Waals surface area contributed by atoms with E-state index in [9.17, 15) is 14.4 Å². The molecule has 130 valence electrons. The van der Waals surface area contributed by atoms with Gasteiger partial charge in [-0.2, -0.15) is 0 Å². The number of ether oxygens (including phenoxy) is 4. The van der Waals surface area contributed by atoms with Gasteiger partial charge in [-0.15, -0.1) is 0 Å². The Morgan fingerprint density at radius 1 is 1.22 bits per heavy atom. The van der Waals surface area contributed by atoms with Gasteiger partial charge in [-0.3, -0.25) is 9.59 Å². The maximum atomic E-state index is 12.6. The van der Waals surface area contributed by atoms with Crippen molar-refractivity contribution in [1.29, 1.82) is 0 Å². The van der Waals surface area contributed by atoms with Crippen LogP contribution in [0.25, 0.3) is 0 Å². The second kappa shape index (κ2) is 8.67. The molecule has 0 bridgehead atoms. The third kappa shape index (κ3) is 4.79. The average molecular weight is 328 g/mol. The number of esters is 3. The average Bonchev–Trinajstić information content (AvgIpc) is 2.91. The molecule has 7 nitrogen and oxygen atoms in total. The van der Waals surface area contributed by atoms with Crippen molar-refractivity contribution >= 4 is 17.9 Å². The van der Waals surface area contributed by atoms with E-state index in [4.69, 9.17) is 18.9 Å². The van der Waals surface area contributed by atoms with Crippen molar-refractivity contribution < 1.29 is 33.3 Å². The molecule has 0 saturated heterocycles. The Labute approximate surface area is 135 Å². The molecule has 7 heteroatoms. The van der Waals surface area contributed by atoms with Crippen LogP contribution >= 0.6 is 0 Å². The van der Waals surface area contributed by atoms with Crippen LogP contribution in [-0.4, -0.2) is 49.9 Å². The Balaban J connectivity index is 3.21. The number of hydrogen-bond donors (Lipinski definition) is 0. The smallest absolute Gasteiger partial charge is 0.351 e. The van der Waals surface area contributed by atoms with E-state index in [-0.39, 0.29) is 19.6 Å². The van der Waals surface area contributed by atoms with Gasteiger partial charge in [0.2, 0.25) is 5.60 Å². The molecule has 0 heterocycles. The molecule has 0 aliphatic heterocycles. The van der Waals surface area contributed by atoms with Gasteiger partial charge in [0.15, 0.2) is 0 Å². The molecule has 1 aliphatic carbocycles. The zero-order valence-electron chi connectivity index (χ0n) is 14.0. The van der Waals surface area contributed by atoms with Gasteiger partial charge in [0, 0.05) is 33.8 Å². The monoisotopic (exact) mass is 328 g/mol. The molecule has 0 radical (unpaired) electrons. The lowest BCUT2D eigenvalue weighted by molar-refractivity contribution is -0.195. The number of hydrogen-bond acceptors (Lipinski definition) is 7. The van der Waals surface area contributed by atoms with Crippen LogP contribution < -0.4 is 0 Å². The lowest BCUT2D eigenvalue weighted by Gasteiger charge is -2.37. The molecule has 0 unspecified atom stereocenters. The first-order chi connectivity index (χ1) is 10.9. The molecule has 3 atom stereocenters. The maximum Gasteiger partial charge on any atom is 0.351 e. The molecule has 0 aromatic carbocycles. The highest BCUT2D eigenvalue weighted by molar-refractivity contribution is 5.84. The quantitative estimate of drug-likeness (QED) is 0.378. The fraction of sp³-hybridized carbons (Fsp3) is 0.688. The van der Waals surface area contributed by atoms with Crippen LogP contribution in [0.15, 0.2) is 12.2 Å². The lowest BCUT2D eigenvalue weighted by Crippen LogP contribution is -2.54. The highest BCUT2D eigenvalue weighted by Crippen LogP contribution is 2.38. The Morgan fingerprint density at radius 2 is 1.91 bits per heavy atom. The molecule has 0 amide bonds. The molecule has 0 aromatic rings. The van der Waals surface area contributed by atoms with E-state index < -0.39 is 35.5 Å². The van der Waals surface area contributed by atoms with Crippen molar-refractivity contribution in [2.45, 2.75) is 45.3 Å². The Hall–Kier alpha value is -1.89. The van der Waals surface area contributed by atoms with E-state index in [1.165, 1.54) is 21.0 Å². The van der Waals surface area contributed by atoms with Gasteiger partial charge in [-0.05, 0) is 6.92 Å². The van der Waals surface area contributed by atoms with Gasteiger partial charge in [0.1, 0.15) is 6.10 Å². The van der Waals surface area contributed by atoms with Crippen molar-refractivity contribution in [3.63, 3.8) is 0 Å². The molecule has 0 saturated carbocycles. The summed E-state index contributed by atoms with van der Waals surface area (Å²) in [6.45, 7) is 4.51. The van der Waals surface area contributed by atoms with E-state index in [0.717, 1.165) is 0 Å². The molecule has 0 aromatic heterocycles. The SMILES string of the molecule is CCOC(=O)[C@](CCOC)(OC(C)=O)[C@H]1C=CC[C@H]1OC(C)=O. The minimum Gasteiger partial charge on any atom is -0.463 e. The predicted octanol–water partition coefficient (Wildman–Crippen LogP) is 1.40. The van der Waals surface area contributed by atoms with E-state index in [1.807, 2.05) is 0 Å². The second-order valence-corrected chi connectivity index (χ2v) is 5.28. The van der Waals surface area contributed by atoms with Crippen LogP contribution in [-0.2, 0) is 33.3 Å². The fourth-order valence-electron chi connectivity index (χ4n) is 2.75. The molecular formula is C16H24O7. The van der Waals surface area contributed by atoms with Crippen LogP contribution in [0.1, 0.15) is 33.6 Å². The van der Waals surface area contributed by atoms with Crippen molar-refractivity contribution in [2.24, 2.45) is 5.92 Å². The maximum absolute atomic E-state index is 12.6. The number of carbonyl (C=O) groups is 3. The minimum absolute atomic E-state index is 0.106. The first-order valence-electron chi connectivity index (χ1n) is 7.57. The molecule has 23 heavy (non-hydrogen) atoms. The summed E-state index contributed by atoms with van der Waals surface area (Å²) >= 11 is 0. The highest BCUT2D eigenvalue weighted by Gasteiger charge is 2.54. The van der Waals surface area contributed by atoms with Gasteiger partial charge in [0.05, 0.1) is 19.1 Å².